The van der Waals surface area contributed by atoms with Crippen LogP contribution in [0.4, 0.5) is 0 Å². The Balaban J connectivity index is 1.60. The summed E-state index contributed by atoms with van der Waals surface area (Å²) in [6, 6.07) is 8.30. The van der Waals surface area contributed by atoms with Gasteiger partial charge < -0.3 is 10.6 Å². The lowest BCUT2D eigenvalue weighted by Crippen LogP contribution is -2.33. The second-order valence-electron chi connectivity index (χ2n) is 5.88. The molecule has 1 aliphatic rings. The number of rotatable bonds is 5. The number of carbonyl (C=O) groups is 1. The van der Waals surface area contributed by atoms with Crippen LogP contribution in [0.5, 0.6) is 0 Å². The Morgan fingerprint density at radius 3 is 2.83 bits per heavy atom. The maximum absolute atomic E-state index is 12.5. The molecule has 3 rings (SSSR count). The molecular weight excluding hydrogens is 308 g/mol. The number of benzene rings is 1. The summed E-state index contributed by atoms with van der Waals surface area (Å²) >= 11 is 1.72. The van der Waals surface area contributed by atoms with Gasteiger partial charge in [-0.05, 0) is 29.5 Å². The first-order chi connectivity index (χ1) is 11.2. The highest BCUT2D eigenvalue weighted by Crippen LogP contribution is 2.28. The number of aryl methyl sites for hydroxylation is 1. The van der Waals surface area contributed by atoms with Gasteiger partial charge in [-0.2, -0.15) is 5.10 Å². The zero-order valence-corrected chi connectivity index (χ0v) is 14.3. The summed E-state index contributed by atoms with van der Waals surface area (Å²) in [6.45, 7) is 2.12. The van der Waals surface area contributed by atoms with Crippen molar-refractivity contribution in [2.75, 3.05) is 19.3 Å². The summed E-state index contributed by atoms with van der Waals surface area (Å²) in [5.41, 5.74) is 2.25. The smallest absolute Gasteiger partial charge is 0.225 e. The SMILES string of the molecule is CSc1ccc(CNC(=O)[C@H]2CNC[C@@H]2c2cnn(C)c2)cc1. The van der Waals surface area contributed by atoms with Gasteiger partial charge in [-0.3, -0.25) is 9.48 Å². The van der Waals surface area contributed by atoms with E-state index >= 15 is 0 Å². The van der Waals surface area contributed by atoms with Crippen molar-refractivity contribution >= 4 is 17.7 Å². The van der Waals surface area contributed by atoms with Gasteiger partial charge in [0.15, 0.2) is 0 Å². The molecule has 0 saturated carbocycles. The van der Waals surface area contributed by atoms with E-state index in [0.717, 1.165) is 24.2 Å². The van der Waals surface area contributed by atoms with Crippen molar-refractivity contribution in [2.24, 2.45) is 13.0 Å². The van der Waals surface area contributed by atoms with Crippen LogP contribution >= 0.6 is 11.8 Å². The number of thioether (sulfide) groups is 1. The van der Waals surface area contributed by atoms with Crippen LogP contribution in [0.15, 0.2) is 41.6 Å². The third-order valence-corrected chi connectivity index (χ3v) is 5.07. The van der Waals surface area contributed by atoms with E-state index in [2.05, 4.69) is 46.3 Å². The summed E-state index contributed by atoms with van der Waals surface area (Å²) < 4.78 is 1.79. The van der Waals surface area contributed by atoms with Crippen LogP contribution in [-0.4, -0.2) is 35.0 Å². The summed E-state index contributed by atoms with van der Waals surface area (Å²) in [5, 5.41) is 10.6. The maximum atomic E-state index is 12.5. The number of nitrogens with zero attached hydrogens (tertiary/aromatic N) is 2. The Morgan fingerprint density at radius 1 is 1.39 bits per heavy atom. The van der Waals surface area contributed by atoms with Gasteiger partial charge in [0.25, 0.3) is 0 Å². The molecule has 0 bridgehead atoms. The van der Waals surface area contributed by atoms with Gasteiger partial charge in [-0.1, -0.05) is 12.1 Å². The molecule has 2 atom stereocenters. The largest absolute Gasteiger partial charge is 0.352 e. The normalized spacial score (nSPS) is 20.6. The van der Waals surface area contributed by atoms with E-state index in [0.29, 0.717) is 6.54 Å². The van der Waals surface area contributed by atoms with E-state index in [-0.39, 0.29) is 17.7 Å². The monoisotopic (exact) mass is 330 g/mol. The second kappa shape index (κ2) is 7.19. The average molecular weight is 330 g/mol. The molecule has 0 radical (unpaired) electrons. The first kappa shape index (κ1) is 16.1. The summed E-state index contributed by atoms with van der Waals surface area (Å²) in [5.74, 6) is 0.269. The number of hydrogen-bond acceptors (Lipinski definition) is 4. The molecule has 1 aromatic carbocycles. The van der Waals surface area contributed by atoms with Gasteiger partial charge in [0.2, 0.25) is 5.91 Å². The highest BCUT2D eigenvalue weighted by atomic mass is 32.2. The fourth-order valence-corrected chi connectivity index (χ4v) is 3.41. The molecule has 2 heterocycles. The summed E-state index contributed by atoms with van der Waals surface area (Å²) in [4.78, 5) is 13.8. The van der Waals surface area contributed by atoms with Crippen molar-refractivity contribution in [2.45, 2.75) is 17.4 Å². The molecule has 0 aliphatic carbocycles. The van der Waals surface area contributed by atoms with Gasteiger partial charge in [0.05, 0.1) is 12.1 Å². The van der Waals surface area contributed by atoms with E-state index in [1.165, 1.54) is 4.90 Å². The lowest BCUT2D eigenvalue weighted by atomic mass is 9.90. The molecule has 1 aliphatic heterocycles. The maximum Gasteiger partial charge on any atom is 0.225 e. The average Bonchev–Trinajstić information content (AvgIpc) is 3.21. The van der Waals surface area contributed by atoms with Crippen LogP contribution in [0, 0.1) is 5.92 Å². The van der Waals surface area contributed by atoms with Gasteiger partial charge in [0, 0.05) is 43.7 Å². The molecule has 1 aromatic heterocycles. The first-order valence-electron chi connectivity index (χ1n) is 7.77. The summed E-state index contributed by atoms with van der Waals surface area (Å²) in [7, 11) is 1.90. The lowest BCUT2D eigenvalue weighted by Gasteiger charge is -2.17. The van der Waals surface area contributed by atoms with Crippen LogP contribution in [0.2, 0.25) is 0 Å². The molecule has 1 saturated heterocycles. The van der Waals surface area contributed by atoms with Gasteiger partial charge in [-0.25, -0.2) is 0 Å². The van der Waals surface area contributed by atoms with Crippen LogP contribution in [-0.2, 0) is 18.4 Å². The van der Waals surface area contributed by atoms with Crippen molar-refractivity contribution in [1.29, 1.82) is 0 Å². The molecule has 1 fully saturated rings. The fourth-order valence-electron chi connectivity index (χ4n) is 3.00. The molecule has 0 spiro atoms. The molecule has 0 unspecified atom stereocenters. The summed E-state index contributed by atoms with van der Waals surface area (Å²) in [6.07, 6.45) is 5.92. The first-order valence-corrected chi connectivity index (χ1v) is 8.99. The highest BCUT2D eigenvalue weighted by Gasteiger charge is 2.34. The van der Waals surface area contributed by atoms with Crippen molar-refractivity contribution in [3.8, 4) is 0 Å². The van der Waals surface area contributed by atoms with Gasteiger partial charge in [0.1, 0.15) is 0 Å². The zero-order chi connectivity index (χ0) is 16.2. The standard InChI is InChI=1S/C17H22N4OS/c1-21-11-13(8-20-21)15-9-18-10-16(15)17(22)19-7-12-3-5-14(23-2)6-4-12/h3-6,8,11,15-16,18H,7,9-10H2,1-2H3,(H,19,22)/t15-,16+/m1/s1. The van der Waals surface area contributed by atoms with Gasteiger partial charge >= 0.3 is 0 Å². The van der Waals surface area contributed by atoms with E-state index < -0.39 is 0 Å². The minimum atomic E-state index is -0.0373. The van der Waals surface area contributed by atoms with Crippen molar-refractivity contribution < 1.29 is 4.79 Å². The number of nitrogens with one attached hydrogen (secondary N) is 2. The predicted octanol–water partition coefficient (Wildman–Crippen LogP) is 1.76. The third kappa shape index (κ3) is 3.76. The number of amides is 1. The number of carbonyl (C=O) groups excluding carboxylic acids is 1. The van der Waals surface area contributed by atoms with Crippen LogP contribution in [0.1, 0.15) is 17.0 Å². The Labute approximate surface area is 140 Å². The van der Waals surface area contributed by atoms with Crippen LogP contribution in [0.3, 0.4) is 0 Å². The van der Waals surface area contributed by atoms with Crippen molar-refractivity contribution in [3.05, 3.63) is 47.8 Å². The van der Waals surface area contributed by atoms with Crippen molar-refractivity contribution in [3.63, 3.8) is 0 Å². The molecule has 23 heavy (non-hydrogen) atoms. The quantitative estimate of drug-likeness (QED) is 0.820. The molecule has 2 N–H and O–H groups in total. The Hall–Kier alpha value is -1.79. The number of hydrogen-bond donors (Lipinski definition) is 2. The Kier molecular flexibility index (Phi) is 5.03. The molecular formula is C17H22N4OS. The molecule has 122 valence electrons. The minimum absolute atomic E-state index is 0.0373. The van der Waals surface area contributed by atoms with Crippen molar-refractivity contribution in [1.82, 2.24) is 20.4 Å². The molecule has 5 nitrogen and oxygen atoms in total. The van der Waals surface area contributed by atoms with Gasteiger partial charge in [-0.15, -0.1) is 11.8 Å². The zero-order valence-electron chi connectivity index (χ0n) is 13.5. The highest BCUT2D eigenvalue weighted by molar-refractivity contribution is 7.98. The van der Waals surface area contributed by atoms with Crippen LogP contribution in [0.25, 0.3) is 0 Å². The molecule has 1 amide bonds. The predicted molar refractivity (Wildman–Crippen MR) is 92.4 cm³/mol. The van der Waals surface area contributed by atoms with E-state index in [9.17, 15) is 4.79 Å². The second-order valence-corrected chi connectivity index (χ2v) is 6.76. The van der Waals surface area contributed by atoms with E-state index in [1.54, 1.807) is 16.4 Å². The van der Waals surface area contributed by atoms with E-state index in [4.69, 9.17) is 0 Å². The van der Waals surface area contributed by atoms with E-state index in [1.807, 2.05) is 19.4 Å². The molecule has 2 aromatic rings. The van der Waals surface area contributed by atoms with Crippen LogP contribution < -0.4 is 10.6 Å². The fraction of sp³-hybridized carbons (Fsp3) is 0.412. The third-order valence-electron chi connectivity index (χ3n) is 4.33. The topological polar surface area (TPSA) is 59.0 Å². The lowest BCUT2D eigenvalue weighted by molar-refractivity contribution is -0.125. The number of aromatic nitrogens is 2. The Morgan fingerprint density at radius 2 is 2.17 bits per heavy atom. The molecule has 6 heteroatoms. The minimum Gasteiger partial charge on any atom is -0.352 e. The Bertz CT molecular complexity index is 667.